The number of fused-ring (bicyclic) bond motifs is 2. The van der Waals surface area contributed by atoms with E-state index in [9.17, 15) is 8.42 Å². The third-order valence-electron chi connectivity index (χ3n) is 4.95. The van der Waals surface area contributed by atoms with Crippen LogP contribution in [0.25, 0.3) is 22.2 Å². The quantitative estimate of drug-likeness (QED) is 0.442. The molecule has 1 N–H and O–H groups in total. The molecule has 0 radical (unpaired) electrons. The van der Waals surface area contributed by atoms with E-state index in [0.29, 0.717) is 23.5 Å². The Bertz CT molecular complexity index is 1260. The number of unbranched alkanes of at least 4 members (excludes halogenated alkanes) is 2. The van der Waals surface area contributed by atoms with E-state index < -0.39 is 10.0 Å². The van der Waals surface area contributed by atoms with Gasteiger partial charge in [-0.05, 0) is 37.6 Å². The number of para-hydroxylation sites is 2. The molecule has 2 aromatic heterocycles. The van der Waals surface area contributed by atoms with Crippen LogP contribution in [0, 0.1) is 6.92 Å². The molecule has 29 heavy (non-hydrogen) atoms. The summed E-state index contributed by atoms with van der Waals surface area (Å²) in [5.41, 5.74) is 3.97. The fourth-order valence-electron chi connectivity index (χ4n) is 3.37. The zero-order valence-corrected chi connectivity index (χ0v) is 17.4. The maximum atomic E-state index is 12.9. The Labute approximate surface area is 170 Å². The van der Waals surface area contributed by atoms with Crippen LogP contribution in [0.2, 0.25) is 0 Å². The Morgan fingerprint density at radius 3 is 2.31 bits per heavy atom. The van der Waals surface area contributed by atoms with Gasteiger partial charge in [0.25, 0.3) is 10.0 Å². The van der Waals surface area contributed by atoms with Crippen LogP contribution in [0.15, 0.2) is 59.5 Å². The summed E-state index contributed by atoms with van der Waals surface area (Å²) in [4.78, 5) is 9.68. The molecular formula is C22H24N4O2S. The molecule has 150 valence electrons. The number of nitrogens with one attached hydrogen (secondary N) is 1. The first-order valence-electron chi connectivity index (χ1n) is 9.83. The molecule has 0 aliphatic carbocycles. The van der Waals surface area contributed by atoms with Crippen LogP contribution < -0.4 is 4.72 Å². The fourth-order valence-corrected chi connectivity index (χ4v) is 4.42. The highest BCUT2D eigenvalue weighted by molar-refractivity contribution is 7.92. The minimum absolute atomic E-state index is 0.236. The Morgan fingerprint density at radius 2 is 1.62 bits per heavy atom. The summed E-state index contributed by atoms with van der Waals surface area (Å²) in [6.07, 6.45) is 3.08. The first-order chi connectivity index (χ1) is 14.0. The lowest BCUT2D eigenvalue weighted by Crippen LogP contribution is -2.16. The number of rotatable bonds is 7. The molecule has 2 heterocycles. The summed E-state index contributed by atoms with van der Waals surface area (Å²) in [6, 6.07) is 16.3. The van der Waals surface area contributed by atoms with Gasteiger partial charge in [-0.2, -0.15) is 0 Å². The number of sulfonamides is 1. The topological polar surface area (TPSA) is 76.9 Å². The molecule has 0 amide bonds. The number of benzene rings is 2. The van der Waals surface area contributed by atoms with Crippen LogP contribution in [0.4, 0.5) is 5.82 Å². The molecule has 4 aromatic rings. The van der Waals surface area contributed by atoms with E-state index >= 15 is 0 Å². The molecule has 0 unspecified atom stereocenters. The number of nitrogens with zero attached hydrogens (tertiary/aromatic N) is 3. The summed E-state index contributed by atoms with van der Waals surface area (Å²) >= 11 is 0. The molecule has 0 saturated heterocycles. The lowest BCUT2D eigenvalue weighted by molar-refractivity contribution is 0.597. The van der Waals surface area contributed by atoms with Gasteiger partial charge < -0.3 is 4.57 Å². The second kappa shape index (κ2) is 7.83. The summed E-state index contributed by atoms with van der Waals surface area (Å²) in [5.74, 6) is 0.493. The van der Waals surface area contributed by atoms with Gasteiger partial charge in [0.05, 0.1) is 15.9 Å². The van der Waals surface area contributed by atoms with E-state index in [-0.39, 0.29) is 4.90 Å². The Kier molecular flexibility index (Phi) is 5.24. The van der Waals surface area contributed by atoms with E-state index in [1.165, 1.54) is 0 Å². The van der Waals surface area contributed by atoms with Gasteiger partial charge >= 0.3 is 0 Å². The highest BCUT2D eigenvalue weighted by Gasteiger charge is 2.19. The first kappa shape index (κ1) is 19.4. The van der Waals surface area contributed by atoms with Crippen molar-refractivity contribution in [2.75, 3.05) is 4.72 Å². The van der Waals surface area contributed by atoms with Gasteiger partial charge in [0.1, 0.15) is 11.3 Å². The largest absolute Gasteiger partial charge is 0.310 e. The van der Waals surface area contributed by atoms with E-state index in [2.05, 4.69) is 16.6 Å². The van der Waals surface area contributed by atoms with Gasteiger partial charge in [0.15, 0.2) is 5.65 Å². The third kappa shape index (κ3) is 3.96. The normalized spacial score (nSPS) is 11.9. The van der Waals surface area contributed by atoms with Crippen molar-refractivity contribution in [1.82, 2.24) is 14.5 Å². The molecule has 0 atom stereocenters. The predicted octanol–water partition coefficient (Wildman–Crippen LogP) is 4.88. The van der Waals surface area contributed by atoms with Crippen molar-refractivity contribution in [2.45, 2.75) is 44.6 Å². The highest BCUT2D eigenvalue weighted by atomic mass is 32.2. The Hall–Kier alpha value is -2.93. The van der Waals surface area contributed by atoms with Crippen LogP contribution >= 0.6 is 0 Å². The summed E-state index contributed by atoms with van der Waals surface area (Å²) in [6.45, 7) is 4.75. The van der Waals surface area contributed by atoms with Crippen LogP contribution in [-0.4, -0.2) is 23.0 Å². The van der Waals surface area contributed by atoms with Crippen LogP contribution in [0.1, 0.15) is 31.7 Å². The van der Waals surface area contributed by atoms with Crippen LogP contribution in [0.5, 0.6) is 0 Å². The van der Waals surface area contributed by atoms with Crippen molar-refractivity contribution < 1.29 is 8.42 Å². The third-order valence-corrected chi connectivity index (χ3v) is 6.32. The number of hydrogen-bond acceptors (Lipinski definition) is 4. The van der Waals surface area contributed by atoms with E-state index in [1.807, 2.05) is 35.8 Å². The SMILES string of the molecule is CCCCCn1c(NS(=O)(=O)c2ccc(C)cc2)cc2nc3ccccc3nc21. The summed E-state index contributed by atoms with van der Waals surface area (Å²) < 4.78 is 30.6. The van der Waals surface area contributed by atoms with Gasteiger partial charge in [-0.1, -0.05) is 49.6 Å². The number of anilines is 1. The van der Waals surface area contributed by atoms with Crippen LogP contribution in [-0.2, 0) is 16.6 Å². The molecule has 0 aliphatic heterocycles. The Balaban J connectivity index is 1.80. The molecule has 6 nitrogen and oxygen atoms in total. The standard InChI is InChI=1S/C22H24N4O2S/c1-3-4-7-14-26-21(25-29(27,28)17-12-10-16(2)11-13-17)15-20-22(26)24-19-9-6-5-8-18(19)23-20/h5-6,8-13,15,25H,3-4,7,14H2,1-2H3. The second-order valence-corrected chi connectivity index (χ2v) is 8.91. The average molecular weight is 409 g/mol. The second-order valence-electron chi connectivity index (χ2n) is 7.23. The molecule has 0 aliphatic rings. The molecule has 0 spiro atoms. The van der Waals surface area contributed by atoms with Gasteiger partial charge in [-0.25, -0.2) is 18.4 Å². The van der Waals surface area contributed by atoms with Gasteiger partial charge in [0.2, 0.25) is 0 Å². The van der Waals surface area contributed by atoms with Crippen molar-refractivity contribution >= 4 is 38.0 Å². The lowest BCUT2D eigenvalue weighted by Gasteiger charge is -2.12. The monoisotopic (exact) mass is 408 g/mol. The molecule has 0 fully saturated rings. The fraction of sp³-hybridized carbons (Fsp3) is 0.273. The molecule has 4 rings (SSSR count). The molecule has 0 saturated carbocycles. The molecular weight excluding hydrogens is 384 g/mol. The molecule has 2 aromatic carbocycles. The van der Waals surface area contributed by atoms with E-state index in [1.54, 1.807) is 30.3 Å². The maximum Gasteiger partial charge on any atom is 0.263 e. The highest BCUT2D eigenvalue weighted by Crippen LogP contribution is 2.26. The minimum Gasteiger partial charge on any atom is -0.310 e. The van der Waals surface area contributed by atoms with Gasteiger partial charge in [-0.15, -0.1) is 0 Å². The van der Waals surface area contributed by atoms with E-state index in [0.717, 1.165) is 35.9 Å². The number of aromatic nitrogens is 3. The average Bonchev–Trinajstić information content (AvgIpc) is 3.02. The molecule has 7 heteroatoms. The Morgan fingerprint density at radius 1 is 0.931 bits per heavy atom. The first-order valence-corrected chi connectivity index (χ1v) is 11.3. The van der Waals surface area contributed by atoms with Gasteiger partial charge in [-0.3, -0.25) is 4.72 Å². The zero-order chi connectivity index (χ0) is 20.4. The van der Waals surface area contributed by atoms with Crippen molar-refractivity contribution in [3.8, 4) is 0 Å². The van der Waals surface area contributed by atoms with Crippen molar-refractivity contribution in [1.29, 1.82) is 0 Å². The summed E-state index contributed by atoms with van der Waals surface area (Å²) in [5, 5.41) is 0. The number of aryl methyl sites for hydroxylation is 2. The molecule has 0 bridgehead atoms. The van der Waals surface area contributed by atoms with Crippen molar-refractivity contribution in [3.63, 3.8) is 0 Å². The zero-order valence-electron chi connectivity index (χ0n) is 16.6. The van der Waals surface area contributed by atoms with Crippen molar-refractivity contribution in [2.24, 2.45) is 0 Å². The smallest absolute Gasteiger partial charge is 0.263 e. The van der Waals surface area contributed by atoms with E-state index in [4.69, 9.17) is 4.98 Å². The van der Waals surface area contributed by atoms with Crippen LogP contribution in [0.3, 0.4) is 0 Å². The van der Waals surface area contributed by atoms with Gasteiger partial charge in [0, 0.05) is 12.6 Å². The number of hydrogen-bond donors (Lipinski definition) is 1. The maximum absolute atomic E-state index is 12.9. The lowest BCUT2D eigenvalue weighted by atomic mass is 10.2. The van der Waals surface area contributed by atoms with Crippen molar-refractivity contribution in [3.05, 3.63) is 60.2 Å². The minimum atomic E-state index is -3.70. The predicted molar refractivity (Wildman–Crippen MR) is 117 cm³/mol. The summed E-state index contributed by atoms with van der Waals surface area (Å²) in [7, 11) is -3.70.